The molecule has 1 aromatic carbocycles. The topological polar surface area (TPSA) is 46.3 Å². The smallest absolute Gasteiger partial charge is 0.227 e. The van der Waals surface area contributed by atoms with Gasteiger partial charge in [-0.15, -0.1) is 0 Å². The van der Waals surface area contributed by atoms with Gasteiger partial charge in [0.05, 0.1) is 0 Å². The van der Waals surface area contributed by atoms with Crippen molar-refractivity contribution in [3.63, 3.8) is 0 Å². The molecule has 1 unspecified atom stereocenters. The van der Waals surface area contributed by atoms with E-state index in [0.29, 0.717) is 18.9 Å². The van der Waals surface area contributed by atoms with Crippen molar-refractivity contribution in [1.82, 2.24) is 0 Å². The molecule has 0 aliphatic carbocycles. The molecular weight excluding hydrogens is 212 g/mol. The number of amides is 1. The Morgan fingerprint density at radius 2 is 1.94 bits per heavy atom. The molecule has 94 valence electrons. The van der Waals surface area contributed by atoms with Gasteiger partial charge >= 0.3 is 0 Å². The van der Waals surface area contributed by atoms with Crippen LogP contribution in [0.2, 0.25) is 0 Å². The number of nitrogens with two attached hydrogens (primary N) is 1. The fourth-order valence-electron chi connectivity index (χ4n) is 1.70. The molecule has 17 heavy (non-hydrogen) atoms. The Morgan fingerprint density at radius 1 is 1.35 bits per heavy atom. The maximum atomic E-state index is 11.7. The summed E-state index contributed by atoms with van der Waals surface area (Å²) < 4.78 is 0. The van der Waals surface area contributed by atoms with Crippen LogP contribution in [0.4, 0.5) is 5.69 Å². The van der Waals surface area contributed by atoms with Crippen LogP contribution in [-0.2, 0) is 4.79 Å². The third kappa shape index (κ3) is 3.56. The molecule has 0 aliphatic rings. The Morgan fingerprint density at radius 3 is 2.41 bits per heavy atom. The Kier molecular flexibility index (Phi) is 5.16. The van der Waals surface area contributed by atoms with E-state index in [9.17, 15) is 4.79 Å². The first-order chi connectivity index (χ1) is 8.10. The molecular formula is C14H22N2O. The van der Waals surface area contributed by atoms with Crippen molar-refractivity contribution in [2.75, 3.05) is 18.5 Å². The van der Waals surface area contributed by atoms with Crippen molar-refractivity contribution in [2.24, 2.45) is 5.73 Å². The van der Waals surface area contributed by atoms with Crippen LogP contribution in [0.3, 0.4) is 0 Å². The number of hydrogen-bond donors (Lipinski definition) is 1. The third-order valence-electron chi connectivity index (χ3n) is 3.19. The van der Waals surface area contributed by atoms with Crippen molar-refractivity contribution >= 4 is 11.6 Å². The third-order valence-corrected chi connectivity index (χ3v) is 3.19. The first-order valence-corrected chi connectivity index (χ1v) is 6.16. The van der Waals surface area contributed by atoms with Gasteiger partial charge < -0.3 is 10.6 Å². The highest BCUT2D eigenvalue weighted by atomic mass is 16.2. The van der Waals surface area contributed by atoms with Gasteiger partial charge in [-0.25, -0.2) is 0 Å². The van der Waals surface area contributed by atoms with Crippen molar-refractivity contribution in [2.45, 2.75) is 32.6 Å². The van der Waals surface area contributed by atoms with E-state index in [1.165, 1.54) is 5.56 Å². The molecule has 1 aromatic rings. The van der Waals surface area contributed by atoms with Crippen LogP contribution in [0.5, 0.6) is 0 Å². The lowest BCUT2D eigenvalue weighted by molar-refractivity contribution is -0.118. The van der Waals surface area contributed by atoms with Crippen LogP contribution < -0.4 is 10.6 Å². The molecule has 0 aromatic heterocycles. The molecule has 0 spiro atoms. The fourth-order valence-corrected chi connectivity index (χ4v) is 1.70. The number of hydrogen-bond acceptors (Lipinski definition) is 2. The van der Waals surface area contributed by atoms with Gasteiger partial charge in [-0.3, -0.25) is 4.79 Å². The van der Waals surface area contributed by atoms with Crippen molar-refractivity contribution in [3.8, 4) is 0 Å². The van der Waals surface area contributed by atoms with E-state index in [-0.39, 0.29) is 5.91 Å². The van der Waals surface area contributed by atoms with Gasteiger partial charge in [0.15, 0.2) is 0 Å². The van der Waals surface area contributed by atoms with Crippen LogP contribution in [0.1, 0.15) is 38.2 Å². The van der Waals surface area contributed by atoms with Crippen LogP contribution in [-0.4, -0.2) is 19.5 Å². The van der Waals surface area contributed by atoms with E-state index in [4.69, 9.17) is 5.73 Å². The zero-order valence-corrected chi connectivity index (χ0v) is 10.9. The number of anilines is 1. The van der Waals surface area contributed by atoms with Gasteiger partial charge in [0.1, 0.15) is 0 Å². The van der Waals surface area contributed by atoms with Crippen molar-refractivity contribution in [1.29, 1.82) is 0 Å². The lowest BCUT2D eigenvalue weighted by Gasteiger charge is -2.18. The molecule has 0 radical (unpaired) electrons. The summed E-state index contributed by atoms with van der Waals surface area (Å²) >= 11 is 0. The monoisotopic (exact) mass is 234 g/mol. The van der Waals surface area contributed by atoms with Gasteiger partial charge in [0.2, 0.25) is 5.91 Å². The summed E-state index contributed by atoms with van der Waals surface area (Å²) in [6.45, 7) is 4.78. The maximum absolute atomic E-state index is 11.7. The first-order valence-electron chi connectivity index (χ1n) is 6.16. The highest BCUT2D eigenvalue weighted by Gasteiger charge is 2.10. The van der Waals surface area contributed by atoms with E-state index < -0.39 is 0 Å². The predicted octanol–water partition coefficient (Wildman–Crippen LogP) is 2.51. The van der Waals surface area contributed by atoms with Crippen molar-refractivity contribution < 1.29 is 4.79 Å². The first kappa shape index (κ1) is 13.7. The predicted molar refractivity (Wildman–Crippen MR) is 72.2 cm³/mol. The van der Waals surface area contributed by atoms with Crippen LogP contribution in [0.15, 0.2) is 24.3 Å². The van der Waals surface area contributed by atoms with Crippen molar-refractivity contribution in [3.05, 3.63) is 29.8 Å². The molecule has 3 nitrogen and oxygen atoms in total. The summed E-state index contributed by atoms with van der Waals surface area (Å²) in [5, 5.41) is 0. The molecule has 0 aliphatic heterocycles. The summed E-state index contributed by atoms with van der Waals surface area (Å²) in [6, 6.07) is 8.18. The summed E-state index contributed by atoms with van der Waals surface area (Å²) in [4.78, 5) is 13.3. The average Bonchev–Trinajstić information content (AvgIpc) is 2.37. The van der Waals surface area contributed by atoms with Crippen LogP contribution in [0, 0.1) is 0 Å². The van der Waals surface area contributed by atoms with Gasteiger partial charge in [0, 0.05) is 25.7 Å². The number of carbonyl (C=O) groups is 1. The SMILES string of the molecule is CCC(C)c1ccc(N(C)C(=O)CCN)cc1. The van der Waals surface area contributed by atoms with Gasteiger partial charge in [-0.05, 0) is 30.0 Å². The zero-order valence-electron chi connectivity index (χ0n) is 10.9. The van der Waals surface area contributed by atoms with E-state index >= 15 is 0 Å². The standard InChI is InChI=1S/C14H22N2O/c1-4-11(2)12-5-7-13(8-6-12)16(3)14(17)9-10-15/h5-8,11H,4,9-10,15H2,1-3H3. The van der Waals surface area contributed by atoms with E-state index in [1.54, 1.807) is 11.9 Å². The molecule has 1 rings (SSSR count). The fraction of sp³-hybridized carbons (Fsp3) is 0.500. The molecule has 3 heteroatoms. The minimum Gasteiger partial charge on any atom is -0.330 e. The number of nitrogens with zero attached hydrogens (tertiary/aromatic N) is 1. The lowest BCUT2D eigenvalue weighted by Crippen LogP contribution is -2.28. The second-order valence-electron chi connectivity index (χ2n) is 4.39. The molecule has 1 amide bonds. The second-order valence-corrected chi connectivity index (χ2v) is 4.39. The summed E-state index contributed by atoms with van der Waals surface area (Å²) in [6.07, 6.45) is 1.52. The van der Waals surface area contributed by atoms with Gasteiger partial charge in [0.25, 0.3) is 0 Å². The Hall–Kier alpha value is -1.35. The molecule has 0 bridgehead atoms. The minimum atomic E-state index is 0.0591. The quantitative estimate of drug-likeness (QED) is 0.851. The minimum absolute atomic E-state index is 0.0591. The molecule has 0 saturated carbocycles. The van der Waals surface area contributed by atoms with E-state index in [1.807, 2.05) is 12.1 Å². The molecule has 0 fully saturated rings. The van der Waals surface area contributed by atoms with Gasteiger partial charge in [-0.2, -0.15) is 0 Å². The summed E-state index contributed by atoms with van der Waals surface area (Å²) in [5.41, 5.74) is 7.62. The number of benzene rings is 1. The molecule has 2 N–H and O–H groups in total. The molecule has 0 heterocycles. The normalized spacial score (nSPS) is 12.2. The Labute approximate surface area is 104 Å². The molecule has 1 atom stereocenters. The van der Waals surface area contributed by atoms with Gasteiger partial charge in [-0.1, -0.05) is 26.0 Å². The largest absolute Gasteiger partial charge is 0.330 e. The highest BCUT2D eigenvalue weighted by Crippen LogP contribution is 2.22. The van der Waals surface area contributed by atoms with E-state index in [2.05, 4.69) is 26.0 Å². The molecule has 0 saturated heterocycles. The average molecular weight is 234 g/mol. The second kappa shape index (κ2) is 6.40. The van der Waals surface area contributed by atoms with E-state index in [0.717, 1.165) is 12.1 Å². The highest BCUT2D eigenvalue weighted by molar-refractivity contribution is 5.92. The summed E-state index contributed by atoms with van der Waals surface area (Å²) in [5.74, 6) is 0.623. The Bertz CT molecular complexity index is 359. The zero-order chi connectivity index (χ0) is 12.8. The number of rotatable bonds is 5. The Balaban J connectivity index is 2.76. The lowest BCUT2D eigenvalue weighted by atomic mass is 9.98. The van der Waals surface area contributed by atoms with Crippen LogP contribution >= 0.6 is 0 Å². The van der Waals surface area contributed by atoms with Crippen LogP contribution in [0.25, 0.3) is 0 Å². The summed E-state index contributed by atoms with van der Waals surface area (Å²) in [7, 11) is 1.79. The maximum Gasteiger partial charge on any atom is 0.227 e. The number of carbonyl (C=O) groups excluding carboxylic acids is 1.